The molecule has 0 aliphatic rings. The molecular formula is C112H74Cl3F4N21S6. The third kappa shape index (κ3) is 22.4. The first kappa shape index (κ1) is 97.1. The van der Waals surface area contributed by atoms with Gasteiger partial charge >= 0.3 is 0 Å². The Morgan fingerprint density at radius 2 is 0.658 bits per heavy atom. The van der Waals surface area contributed by atoms with Crippen LogP contribution in [0.1, 0.15) is 22.3 Å². The zero-order valence-corrected chi connectivity index (χ0v) is 84.2. The summed E-state index contributed by atoms with van der Waals surface area (Å²) >= 11 is 26.8. The molecule has 21 nitrogen and oxygen atoms in total. The molecule has 34 heteroatoms. The Hall–Kier alpha value is -16.3. The van der Waals surface area contributed by atoms with Crippen molar-refractivity contribution in [3.8, 4) is 135 Å². The van der Waals surface area contributed by atoms with Crippen LogP contribution >= 0.6 is 103 Å². The Bertz CT molecular complexity index is 8930. The molecule has 0 saturated heterocycles. The predicted molar refractivity (Wildman–Crippen MR) is 588 cm³/mol. The number of hydrogen-bond donors (Lipinski definition) is 3. The number of aromatic nitrogens is 18. The number of nitrogens with one attached hydrogen (secondary N) is 1. The molecule has 5 N–H and O–H groups in total. The first-order valence-corrected chi connectivity index (χ1v) is 51.2. The molecule has 0 spiro atoms. The van der Waals surface area contributed by atoms with Gasteiger partial charge in [0.1, 0.15) is 58.5 Å². The minimum Gasteiger partial charge on any atom is -0.380 e. The number of thiazole rings is 6. The van der Waals surface area contributed by atoms with Gasteiger partial charge in [-0.1, -0.05) is 106 Å². The lowest BCUT2D eigenvalue weighted by atomic mass is 9.97. The van der Waals surface area contributed by atoms with Gasteiger partial charge < -0.3 is 16.8 Å². The Labute approximate surface area is 871 Å². The van der Waals surface area contributed by atoms with E-state index in [-0.39, 0.29) is 21.7 Å². The largest absolute Gasteiger partial charge is 0.380 e. The molecule has 0 atom stereocenters. The van der Waals surface area contributed by atoms with Crippen molar-refractivity contribution in [2.75, 3.05) is 16.8 Å². The van der Waals surface area contributed by atoms with Crippen molar-refractivity contribution in [2.45, 2.75) is 27.3 Å². The van der Waals surface area contributed by atoms with Gasteiger partial charge in [0, 0.05) is 122 Å². The molecule has 25 aromatic rings. The van der Waals surface area contributed by atoms with Crippen LogP contribution in [0.2, 0.25) is 15.1 Å². The summed E-state index contributed by atoms with van der Waals surface area (Å²) in [6, 6.07) is 86.3. The van der Waals surface area contributed by atoms with Gasteiger partial charge in [0.05, 0.1) is 133 Å². The number of fused-ring (bicyclic) bond motifs is 6. The van der Waals surface area contributed by atoms with Crippen LogP contribution in [0.15, 0.2) is 351 Å². The lowest BCUT2D eigenvalue weighted by Gasteiger charge is -2.14. The number of aryl methyl sites for hydroxylation is 3. The van der Waals surface area contributed by atoms with Gasteiger partial charge in [0.2, 0.25) is 0 Å². The molecule has 25 rings (SSSR count). The average molecular weight is 2090 g/mol. The van der Waals surface area contributed by atoms with Gasteiger partial charge in [-0.2, -0.15) is 0 Å². The first-order valence-electron chi connectivity index (χ1n) is 44.9. The number of pyridine rings is 12. The van der Waals surface area contributed by atoms with E-state index < -0.39 is 11.6 Å². The predicted octanol–water partition coefficient (Wildman–Crippen LogP) is 30.7. The van der Waals surface area contributed by atoms with E-state index in [1.54, 1.807) is 115 Å². The molecule has 0 radical (unpaired) electrons. The highest BCUT2D eigenvalue weighted by molar-refractivity contribution is 7.22. The summed E-state index contributed by atoms with van der Waals surface area (Å²) in [5.41, 5.74) is 49.3. The summed E-state index contributed by atoms with van der Waals surface area (Å²) in [6.07, 6.45) is 14.1. The van der Waals surface area contributed by atoms with E-state index in [4.69, 9.17) is 56.2 Å². The van der Waals surface area contributed by atoms with Crippen molar-refractivity contribution >= 4 is 181 Å². The fourth-order valence-electron chi connectivity index (χ4n) is 15.9. The fraction of sp³-hybridized carbons (Fsp3) is 0.0357. The smallest absolute Gasteiger partial charge is 0.182 e. The van der Waals surface area contributed by atoms with Crippen LogP contribution in [-0.2, 0) is 6.54 Å². The quantitative estimate of drug-likeness (QED) is 0.0803. The minimum atomic E-state index is -0.461. The van der Waals surface area contributed by atoms with Crippen molar-refractivity contribution in [1.29, 1.82) is 0 Å². The van der Waals surface area contributed by atoms with E-state index in [1.165, 1.54) is 75.2 Å². The number of nitrogens with two attached hydrogens (primary N) is 2. The molecule has 7 aromatic carbocycles. The molecule has 0 amide bonds. The summed E-state index contributed by atoms with van der Waals surface area (Å²) in [6.45, 7) is 6.26. The van der Waals surface area contributed by atoms with Crippen molar-refractivity contribution in [2.24, 2.45) is 0 Å². The van der Waals surface area contributed by atoms with E-state index >= 15 is 0 Å². The number of halogens is 7. The van der Waals surface area contributed by atoms with E-state index in [0.29, 0.717) is 44.3 Å². The highest BCUT2D eigenvalue weighted by Crippen LogP contribution is 2.42. The molecule has 0 aliphatic heterocycles. The SMILES string of the molecule is Cc1cc(-c2ncc(NCc3cccnc3)cc2-c2ccc3ncsc3c2)ccc1F.Cc1cc(-c2ncccc2-c2ccc3ncsc3n2)ccc1F.Cc1cccc(-c2ncccc2-c2ccc3ncsc3n2)c1.Fc1ccc(-c2ncccc2-c2ccc3ncsc3n2)cc1Cl.Nc1nc2ccc(-c3cccnc3-c3ccc(F)c(Cl)c3)nc2s1.Nc1nc2ccc(-c3cccnc3-c3cccc(Cl)c3)nc2s1. The van der Waals surface area contributed by atoms with Gasteiger partial charge in [-0.15, -0.1) is 45.3 Å². The lowest BCUT2D eigenvalue weighted by Crippen LogP contribution is -2.01. The molecule has 18 heterocycles. The normalized spacial score (nSPS) is 11.0. The summed E-state index contributed by atoms with van der Waals surface area (Å²) in [4.78, 5) is 84.6. The number of nitrogen functional groups attached to an aromatic ring is 2. The van der Waals surface area contributed by atoms with Gasteiger partial charge in [-0.25, -0.2) is 72.4 Å². The highest BCUT2D eigenvalue weighted by atomic mass is 35.5. The zero-order valence-electron chi connectivity index (χ0n) is 77.0. The van der Waals surface area contributed by atoms with E-state index in [2.05, 4.69) is 141 Å². The standard InChI is InChI=1S/C25H19FN4S.C18H12FN3S.C18H13N3S.C17H10ClFN4S.C17H9ClFN3S.C17H11ClN4S/c1-16-9-19(4-6-22(16)26)25-21(18-5-7-23-24(10-18)31-15-30-23)11-20(14-29-25)28-13-17-3-2-8-27-12-17;1-11-9-12(4-5-14(11)19)17-13(3-2-8-20-17)15-6-7-16-18(22-15)23-10-21-16;1-12-4-2-5-13(10-12)17-14(6-3-9-19-17)15-7-8-16-18(21-15)22-11-20-16;18-11-8-9(3-4-12(11)19)15-10(2-1-7-21-15)13-5-6-14-16(22-13)24-17(20)23-14;18-12-8-10(3-4-13(12)19)16-11(2-1-7-20-16)14-5-6-15-17(22-14)23-9-21-15;18-11-4-1-3-10(9-11)15-12(5-2-8-20-15)13-6-7-14-16(21-13)23-17(19)22-14/h2-12,14-15,28H,13H2,1H3;2-10H,1H3;2-11H,1H3;1-8H,(H2,20,23);1-9H;1-9H,(H2,19,22). The molecule has 18 aromatic heterocycles. The summed E-state index contributed by atoms with van der Waals surface area (Å²) in [7, 11) is 0. The number of rotatable bonds is 15. The fourth-order valence-corrected chi connectivity index (χ4v) is 20.6. The molecule has 0 bridgehead atoms. The Balaban J connectivity index is 0.000000107. The van der Waals surface area contributed by atoms with Gasteiger partial charge in [0.15, 0.2) is 10.3 Å². The molecule has 712 valence electrons. The third-order valence-corrected chi connectivity index (χ3v) is 28.3. The highest BCUT2D eigenvalue weighted by Gasteiger charge is 2.22. The van der Waals surface area contributed by atoms with Crippen molar-refractivity contribution in [1.82, 2.24) is 89.7 Å². The van der Waals surface area contributed by atoms with Gasteiger partial charge in [-0.3, -0.25) is 34.9 Å². The monoisotopic (exact) mass is 2090 g/mol. The van der Waals surface area contributed by atoms with Crippen LogP contribution < -0.4 is 16.8 Å². The van der Waals surface area contributed by atoms with Crippen LogP contribution in [0.5, 0.6) is 0 Å². The van der Waals surface area contributed by atoms with Crippen LogP contribution in [-0.4, -0.2) is 89.7 Å². The summed E-state index contributed by atoms with van der Waals surface area (Å²) < 4.78 is 55.4. The Morgan fingerprint density at radius 3 is 1.08 bits per heavy atom. The number of hydrogen-bond acceptors (Lipinski definition) is 27. The molecule has 0 unspecified atom stereocenters. The topological polar surface area (TPSA) is 296 Å². The molecule has 0 aliphatic carbocycles. The third-order valence-electron chi connectivity index (χ3n) is 22.9. The van der Waals surface area contributed by atoms with Crippen LogP contribution in [0.3, 0.4) is 0 Å². The van der Waals surface area contributed by atoms with Crippen LogP contribution in [0, 0.1) is 44.0 Å². The van der Waals surface area contributed by atoms with Gasteiger partial charge in [0.25, 0.3) is 0 Å². The second kappa shape index (κ2) is 44.3. The lowest BCUT2D eigenvalue weighted by molar-refractivity contribution is 0.618. The maximum atomic E-state index is 13.9. The summed E-state index contributed by atoms with van der Waals surface area (Å²) in [5.74, 6) is -1.34. The van der Waals surface area contributed by atoms with E-state index in [0.717, 1.165) is 197 Å². The molecule has 0 saturated carbocycles. The van der Waals surface area contributed by atoms with Crippen LogP contribution in [0.25, 0.3) is 197 Å². The average Bonchev–Trinajstić information content (AvgIpc) is 1.26. The van der Waals surface area contributed by atoms with Crippen molar-refractivity contribution in [3.05, 3.63) is 411 Å². The second-order valence-corrected chi connectivity index (χ2v) is 39.4. The molecule has 146 heavy (non-hydrogen) atoms. The molecular weight excluding hydrogens is 2010 g/mol. The second-order valence-electron chi connectivity index (χ2n) is 32.7. The van der Waals surface area contributed by atoms with Gasteiger partial charge in [-0.05, 0) is 280 Å². The number of anilines is 3. The summed E-state index contributed by atoms with van der Waals surface area (Å²) in [5, 5.41) is 5.24. The van der Waals surface area contributed by atoms with E-state index in [1.807, 2.05) is 199 Å². The number of benzene rings is 7. The van der Waals surface area contributed by atoms with Crippen molar-refractivity contribution in [3.63, 3.8) is 0 Å². The van der Waals surface area contributed by atoms with Crippen LogP contribution in [0.4, 0.5) is 33.5 Å². The number of nitrogens with zero attached hydrogens (tertiary/aromatic N) is 18. The maximum Gasteiger partial charge on any atom is 0.182 e. The first-order chi connectivity index (χ1) is 71.2. The molecule has 0 fully saturated rings. The van der Waals surface area contributed by atoms with E-state index in [9.17, 15) is 17.6 Å². The zero-order chi connectivity index (χ0) is 100. The maximum absolute atomic E-state index is 13.9. The Morgan fingerprint density at radius 1 is 0.288 bits per heavy atom. The Kier molecular flexibility index (Phi) is 29.4. The van der Waals surface area contributed by atoms with Crippen molar-refractivity contribution < 1.29 is 17.6 Å². The minimum absolute atomic E-state index is 0.0581.